The lowest BCUT2D eigenvalue weighted by Crippen LogP contribution is -2.43. The summed E-state index contributed by atoms with van der Waals surface area (Å²) in [7, 11) is 1.44. The summed E-state index contributed by atoms with van der Waals surface area (Å²) in [4.78, 5) is 24.4. The van der Waals surface area contributed by atoms with Crippen LogP contribution in [0.5, 0.6) is 11.5 Å². The van der Waals surface area contributed by atoms with Crippen LogP contribution in [-0.4, -0.2) is 42.0 Å². The number of aliphatic carboxylic acids is 1. The van der Waals surface area contributed by atoms with E-state index in [1.807, 2.05) is 55.5 Å². The van der Waals surface area contributed by atoms with Crippen molar-refractivity contribution in [1.29, 1.82) is 0 Å². The summed E-state index contributed by atoms with van der Waals surface area (Å²) in [6.07, 6.45) is -0.951. The van der Waals surface area contributed by atoms with Gasteiger partial charge in [-0.05, 0) is 47.2 Å². The first kappa shape index (κ1) is 23.2. The lowest BCUT2D eigenvalue weighted by atomic mass is 9.98. The third-order valence-corrected chi connectivity index (χ3v) is 6.40. The topological polar surface area (TPSA) is 105 Å². The minimum Gasteiger partial charge on any atom is -0.504 e. The summed E-state index contributed by atoms with van der Waals surface area (Å²) in [5, 5.41) is 22.6. The first-order chi connectivity index (χ1) is 16.3. The second kappa shape index (κ2) is 9.47. The number of hydrogen-bond donors (Lipinski definition) is 3. The maximum Gasteiger partial charge on any atom is 0.407 e. The maximum absolute atomic E-state index is 12.6. The molecule has 176 valence electrons. The zero-order valence-corrected chi connectivity index (χ0v) is 19.3. The van der Waals surface area contributed by atoms with E-state index in [2.05, 4.69) is 5.32 Å². The van der Waals surface area contributed by atoms with E-state index in [9.17, 15) is 19.8 Å². The summed E-state index contributed by atoms with van der Waals surface area (Å²) in [6, 6.07) is 16.4. The molecule has 34 heavy (non-hydrogen) atoms. The third kappa shape index (κ3) is 4.29. The molecule has 0 aromatic heterocycles. The molecule has 1 aliphatic rings. The Morgan fingerprint density at radius 3 is 2.18 bits per heavy atom. The number of ether oxygens (including phenoxy) is 2. The molecule has 4 rings (SSSR count). The molecule has 0 fully saturated rings. The van der Waals surface area contributed by atoms with Crippen molar-refractivity contribution in [2.24, 2.45) is 0 Å². The molecular formula is C27H27NO6. The summed E-state index contributed by atoms with van der Waals surface area (Å²) in [5.41, 5.74) is 6.32. The fourth-order valence-electron chi connectivity index (χ4n) is 4.55. The van der Waals surface area contributed by atoms with Gasteiger partial charge in [-0.25, -0.2) is 9.59 Å². The number of carboxylic acid groups (broad SMARTS) is 1. The molecule has 0 bridgehead atoms. The van der Waals surface area contributed by atoms with Crippen LogP contribution in [0.2, 0.25) is 0 Å². The Kier molecular flexibility index (Phi) is 6.45. The highest BCUT2D eigenvalue weighted by atomic mass is 16.5. The quantitative estimate of drug-likeness (QED) is 0.477. The predicted molar refractivity (Wildman–Crippen MR) is 127 cm³/mol. The molecule has 0 spiro atoms. The fourth-order valence-corrected chi connectivity index (χ4v) is 4.55. The predicted octanol–water partition coefficient (Wildman–Crippen LogP) is 4.55. The molecule has 0 aliphatic heterocycles. The highest BCUT2D eigenvalue weighted by Gasteiger charge is 2.30. The molecule has 1 atom stereocenters. The van der Waals surface area contributed by atoms with Gasteiger partial charge >= 0.3 is 12.1 Å². The van der Waals surface area contributed by atoms with Crippen molar-refractivity contribution in [1.82, 2.24) is 5.32 Å². The number of rotatable bonds is 7. The molecule has 3 aromatic rings. The normalized spacial score (nSPS) is 13.0. The number of phenolic OH excluding ortho intramolecular Hbond substituents is 1. The van der Waals surface area contributed by atoms with Crippen LogP contribution < -0.4 is 10.1 Å². The second-order valence-electron chi connectivity index (χ2n) is 8.42. The van der Waals surface area contributed by atoms with E-state index in [-0.39, 0.29) is 24.7 Å². The zero-order chi connectivity index (χ0) is 24.4. The van der Waals surface area contributed by atoms with E-state index in [4.69, 9.17) is 9.47 Å². The van der Waals surface area contributed by atoms with Crippen LogP contribution in [0, 0.1) is 13.8 Å². The van der Waals surface area contributed by atoms with Crippen molar-refractivity contribution < 1.29 is 29.3 Å². The average molecular weight is 462 g/mol. The summed E-state index contributed by atoms with van der Waals surface area (Å²) >= 11 is 0. The van der Waals surface area contributed by atoms with Gasteiger partial charge in [0.05, 0.1) is 7.11 Å². The number of hydrogen-bond acceptors (Lipinski definition) is 5. The van der Waals surface area contributed by atoms with Crippen molar-refractivity contribution in [3.63, 3.8) is 0 Å². The smallest absolute Gasteiger partial charge is 0.407 e. The summed E-state index contributed by atoms with van der Waals surface area (Å²) < 4.78 is 10.7. The van der Waals surface area contributed by atoms with Crippen LogP contribution in [0.15, 0.2) is 54.6 Å². The van der Waals surface area contributed by atoms with Gasteiger partial charge in [-0.15, -0.1) is 0 Å². The van der Waals surface area contributed by atoms with Crippen molar-refractivity contribution in [3.8, 4) is 22.6 Å². The molecule has 1 aliphatic carbocycles. The van der Waals surface area contributed by atoms with Crippen molar-refractivity contribution in [2.45, 2.75) is 32.2 Å². The van der Waals surface area contributed by atoms with Gasteiger partial charge in [0.25, 0.3) is 0 Å². The number of benzene rings is 3. The van der Waals surface area contributed by atoms with Crippen LogP contribution >= 0.6 is 0 Å². The van der Waals surface area contributed by atoms with Gasteiger partial charge in [0.1, 0.15) is 12.6 Å². The first-order valence-corrected chi connectivity index (χ1v) is 11.0. The van der Waals surface area contributed by atoms with Crippen LogP contribution in [-0.2, 0) is 16.0 Å². The molecule has 0 heterocycles. The summed E-state index contributed by atoms with van der Waals surface area (Å²) in [5.74, 6) is -1.20. The lowest BCUT2D eigenvalue weighted by molar-refractivity contribution is -0.139. The molecule has 0 saturated heterocycles. The van der Waals surface area contributed by atoms with E-state index in [1.165, 1.54) is 7.11 Å². The first-order valence-electron chi connectivity index (χ1n) is 11.0. The van der Waals surface area contributed by atoms with Gasteiger partial charge in [-0.2, -0.15) is 0 Å². The molecule has 3 N–H and O–H groups in total. The molecule has 3 aromatic carbocycles. The van der Waals surface area contributed by atoms with E-state index in [1.54, 1.807) is 13.0 Å². The number of nitrogens with one attached hydrogen (secondary N) is 1. The number of carbonyl (C=O) groups excluding carboxylic acids is 1. The van der Waals surface area contributed by atoms with Crippen LogP contribution in [0.3, 0.4) is 0 Å². The van der Waals surface area contributed by atoms with Gasteiger partial charge in [0, 0.05) is 17.9 Å². The number of methoxy groups -OCH3 is 1. The zero-order valence-electron chi connectivity index (χ0n) is 19.3. The minimum absolute atomic E-state index is 0.0783. The molecule has 1 amide bonds. The number of aryl methyl sites for hydroxylation is 1. The molecule has 0 saturated carbocycles. The number of carbonyl (C=O) groups is 2. The van der Waals surface area contributed by atoms with Gasteiger partial charge in [0.2, 0.25) is 0 Å². The molecule has 0 radical (unpaired) electrons. The van der Waals surface area contributed by atoms with Crippen LogP contribution in [0.25, 0.3) is 11.1 Å². The Morgan fingerprint density at radius 1 is 1.03 bits per heavy atom. The van der Waals surface area contributed by atoms with Crippen molar-refractivity contribution in [3.05, 3.63) is 82.4 Å². The number of phenols is 1. The number of carboxylic acids is 1. The van der Waals surface area contributed by atoms with Gasteiger partial charge < -0.3 is 25.0 Å². The van der Waals surface area contributed by atoms with E-state index in [0.717, 1.165) is 33.4 Å². The Hall–Kier alpha value is -4.00. The molecule has 7 heteroatoms. The fraction of sp³-hybridized carbons (Fsp3) is 0.259. The number of fused-ring (bicyclic) bond motifs is 3. The Bertz CT molecular complexity index is 1210. The second-order valence-corrected chi connectivity index (χ2v) is 8.42. The van der Waals surface area contributed by atoms with Gasteiger partial charge in [0.15, 0.2) is 11.5 Å². The largest absolute Gasteiger partial charge is 0.504 e. The number of aromatic hydroxyl groups is 1. The summed E-state index contributed by atoms with van der Waals surface area (Å²) in [6.45, 7) is 3.73. The maximum atomic E-state index is 12.6. The van der Waals surface area contributed by atoms with Crippen molar-refractivity contribution >= 4 is 12.1 Å². The highest BCUT2D eigenvalue weighted by Crippen LogP contribution is 2.44. The minimum atomic E-state index is -1.28. The molecule has 7 nitrogen and oxygen atoms in total. The highest BCUT2D eigenvalue weighted by molar-refractivity contribution is 5.81. The van der Waals surface area contributed by atoms with Gasteiger partial charge in [-0.3, -0.25) is 0 Å². The monoisotopic (exact) mass is 461 g/mol. The Balaban J connectivity index is 1.47. The standard InChI is InChI=1S/C27H27NO6/c1-15-12-17(24(29)25(33-3)16(15)2)13-23(26(30)31)28-27(32)34-14-22-20-10-6-4-8-18(20)19-9-5-7-11-21(19)22/h4-12,22-23,29H,13-14H2,1-3H3,(H,28,32)(H,30,31). The third-order valence-electron chi connectivity index (χ3n) is 6.40. The van der Waals surface area contributed by atoms with E-state index >= 15 is 0 Å². The number of amides is 1. The van der Waals surface area contributed by atoms with Crippen LogP contribution in [0.4, 0.5) is 4.79 Å². The van der Waals surface area contributed by atoms with E-state index in [0.29, 0.717) is 11.3 Å². The Morgan fingerprint density at radius 2 is 1.62 bits per heavy atom. The SMILES string of the molecule is COc1c(C)c(C)cc(CC(NC(=O)OCC2c3ccccc3-c3ccccc32)C(=O)O)c1O. The molecule has 1 unspecified atom stereocenters. The lowest BCUT2D eigenvalue weighted by Gasteiger charge is -2.19. The van der Waals surface area contributed by atoms with Gasteiger partial charge in [-0.1, -0.05) is 54.6 Å². The Labute approximate surface area is 198 Å². The average Bonchev–Trinajstić information content (AvgIpc) is 3.14. The van der Waals surface area contributed by atoms with Crippen molar-refractivity contribution in [2.75, 3.05) is 13.7 Å². The van der Waals surface area contributed by atoms with E-state index < -0.39 is 18.1 Å². The molecular weight excluding hydrogens is 434 g/mol. The van der Waals surface area contributed by atoms with Crippen LogP contribution in [0.1, 0.15) is 33.7 Å². The number of alkyl carbamates (subject to hydrolysis) is 1.